The maximum atomic E-state index is 12.4. The molecule has 0 saturated carbocycles. The molecule has 0 radical (unpaired) electrons. The first-order chi connectivity index (χ1) is 9.08. The zero-order valence-electron chi connectivity index (χ0n) is 11.2. The number of halogens is 3. The van der Waals surface area contributed by atoms with Gasteiger partial charge in [-0.3, -0.25) is 4.79 Å². The monoisotopic (exact) mass is 314 g/mol. The fourth-order valence-electron chi connectivity index (χ4n) is 2.10. The smallest absolute Gasteiger partial charge is 0.406 e. The Bertz CT molecular complexity index is 368. The predicted octanol–water partition coefficient (Wildman–Crippen LogP) is 1.88. The SMILES string of the molecule is CC1CN(C(=O)N(CC(=O)O)CC(F)(F)F)CC(C)S1. The maximum Gasteiger partial charge on any atom is 0.406 e. The molecule has 1 aliphatic heterocycles. The molecule has 1 aliphatic rings. The Morgan fingerprint density at radius 3 is 2.20 bits per heavy atom. The number of urea groups is 1. The Kier molecular flexibility index (Phi) is 5.55. The third-order valence-corrected chi connectivity index (χ3v) is 3.88. The van der Waals surface area contributed by atoms with Crippen molar-refractivity contribution in [2.45, 2.75) is 30.5 Å². The van der Waals surface area contributed by atoms with Crippen molar-refractivity contribution in [3.05, 3.63) is 0 Å². The standard InChI is InChI=1S/C11H17F3N2O3S/c1-7-3-15(4-8(2)20-7)10(19)16(5-9(17)18)6-11(12,13)14/h7-8H,3-6H2,1-2H3,(H,17,18). The molecule has 0 aromatic carbocycles. The van der Waals surface area contributed by atoms with Crippen LogP contribution >= 0.6 is 11.8 Å². The number of carboxylic acid groups (broad SMARTS) is 1. The summed E-state index contributed by atoms with van der Waals surface area (Å²) < 4.78 is 37.3. The van der Waals surface area contributed by atoms with Crippen molar-refractivity contribution in [3.8, 4) is 0 Å². The van der Waals surface area contributed by atoms with E-state index in [0.29, 0.717) is 18.0 Å². The summed E-state index contributed by atoms with van der Waals surface area (Å²) in [5.74, 6) is -1.46. The predicted molar refractivity (Wildman–Crippen MR) is 68.7 cm³/mol. The van der Waals surface area contributed by atoms with Gasteiger partial charge in [0.25, 0.3) is 0 Å². The van der Waals surface area contributed by atoms with E-state index in [1.807, 2.05) is 13.8 Å². The Hall–Kier alpha value is -1.12. The molecule has 5 nitrogen and oxygen atoms in total. The van der Waals surface area contributed by atoms with Gasteiger partial charge in [0.2, 0.25) is 0 Å². The van der Waals surface area contributed by atoms with Crippen LogP contribution in [0.25, 0.3) is 0 Å². The highest BCUT2D eigenvalue weighted by Gasteiger charge is 2.37. The third kappa shape index (κ3) is 5.48. The molecule has 1 fully saturated rings. The van der Waals surface area contributed by atoms with Crippen LogP contribution in [0.5, 0.6) is 0 Å². The van der Waals surface area contributed by atoms with E-state index in [4.69, 9.17) is 5.11 Å². The molecule has 1 rings (SSSR count). The molecular formula is C11H17F3N2O3S. The molecule has 0 spiro atoms. The van der Waals surface area contributed by atoms with E-state index in [2.05, 4.69) is 0 Å². The van der Waals surface area contributed by atoms with Crippen LogP contribution in [0.15, 0.2) is 0 Å². The minimum absolute atomic E-state index is 0.111. The first-order valence-corrected chi connectivity index (χ1v) is 7.00. The molecule has 2 unspecified atom stereocenters. The third-order valence-electron chi connectivity index (χ3n) is 2.66. The molecule has 9 heteroatoms. The molecular weight excluding hydrogens is 297 g/mol. The van der Waals surface area contributed by atoms with E-state index in [-0.39, 0.29) is 10.5 Å². The van der Waals surface area contributed by atoms with Gasteiger partial charge in [-0.1, -0.05) is 13.8 Å². The number of alkyl halides is 3. The number of carbonyl (C=O) groups excluding carboxylic acids is 1. The topological polar surface area (TPSA) is 60.9 Å². The molecule has 1 saturated heterocycles. The molecule has 2 amide bonds. The van der Waals surface area contributed by atoms with Crippen LogP contribution in [0.2, 0.25) is 0 Å². The number of hydrogen-bond donors (Lipinski definition) is 1. The molecule has 1 heterocycles. The molecule has 0 aromatic heterocycles. The van der Waals surface area contributed by atoms with Crippen LogP contribution in [0.1, 0.15) is 13.8 Å². The highest BCUT2D eigenvalue weighted by atomic mass is 32.2. The van der Waals surface area contributed by atoms with Gasteiger partial charge in [-0.2, -0.15) is 24.9 Å². The van der Waals surface area contributed by atoms with E-state index in [0.717, 1.165) is 0 Å². The number of rotatable bonds is 3. The fraction of sp³-hybridized carbons (Fsp3) is 0.818. The zero-order chi connectivity index (χ0) is 15.5. The van der Waals surface area contributed by atoms with Crippen molar-refractivity contribution in [2.75, 3.05) is 26.2 Å². The lowest BCUT2D eigenvalue weighted by Gasteiger charge is -2.37. The first kappa shape index (κ1) is 16.9. The van der Waals surface area contributed by atoms with Gasteiger partial charge in [0.15, 0.2) is 0 Å². The lowest BCUT2D eigenvalue weighted by atomic mass is 10.3. The van der Waals surface area contributed by atoms with E-state index in [1.54, 1.807) is 11.8 Å². The van der Waals surface area contributed by atoms with Crippen molar-refractivity contribution >= 4 is 23.8 Å². The summed E-state index contributed by atoms with van der Waals surface area (Å²) in [6.07, 6.45) is -4.62. The minimum Gasteiger partial charge on any atom is -0.480 e. The summed E-state index contributed by atoms with van der Waals surface area (Å²) in [4.78, 5) is 24.3. The Morgan fingerprint density at radius 1 is 1.30 bits per heavy atom. The fourth-order valence-corrected chi connectivity index (χ4v) is 3.43. The van der Waals surface area contributed by atoms with Gasteiger partial charge in [-0.25, -0.2) is 4.79 Å². The van der Waals surface area contributed by atoms with E-state index < -0.39 is 31.3 Å². The van der Waals surface area contributed by atoms with Gasteiger partial charge < -0.3 is 14.9 Å². The molecule has 116 valence electrons. The van der Waals surface area contributed by atoms with Crippen molar-refractivity contribution in [3.63, 3.8) is 0 Å². The highest BCUT2D eigenvalue weighted by Crippen LogP contribution is 2.26. The first-order valence-electron chi connectivity index (χ1n) is 6.06. The molecule has 0 aromatic rings. The largest absolute Gasteiger partial charge is 0.480 e. The zero-order valence-corrected chi connectivity index (χ0v) is 12.0. The highest BCUT2D eigenvalue weighted by molar-refractivity contribution is 8.00. The second kappa shape index (κ2) is 6.55. The molecule has 0 aliphatic carbocycles. The number of thioether (sulfide) groups is 1. The quantitative estimate of drug-likeness (QED) is 0.864. The summed E-state index contributed by atoms with van der Waals surface area (Å²) >= 11 is 1.65. The van der Waals surface area contributed by atoms with Gasteiger partial charge in [0.05, 0.1) is 0 Å². The van der Waals surface area contributed by atoms with Crippen molar-refractivity contribution in [1.29, 1.82) is 0 Å². The van der Waals surface area contributed by atoms with Gasteiger partial charge >= 0.3 is 18.2 Å². The number of carbonyl (C=O) groups is 2. The van der Waals surface area contributed by atoms with E-state index in [1.165, 1.54) is 4.90 Å². The van der Waals surface area contributed by atoms with Crippen LogP contribution in [-0.2, 0) is 4.79 Å². The van der Waals surface area contributed by atoms with Crippen LogP contribution in [-0.4, -0.2) is 69.8 Å². The van der Waals surface area contributed by atoms with Crippen molar-refractivity contribution in [1.82, 2.24) is 9.80 Å². The van der Waals surface area contributed by atoms with E-state index in [9.17, 15) is 22.8 Å². The lowest BCUT2D eigenvalue weighted by molar-refractivity contribution is -0.149. The van der Waals surface area contributed by atoms with Crippen LogP contribution in [0, 0.1) is 0 Å². The van der Waals surface area contributed by atoms with Crippen molar-refractivity contribution < 1.29 is 27.9 Å². The minimum atomic E-state index is -4.62. The summed E-state index contributed by atoms with van der Waals surface area (Å²) in [6, 6.07) is -0.872. The number of nitrogens with zero attached hydrogens (tertiary/aromatic N) is 2. The number of carboxylic acids is 1. The van der Waals surface area contributed by atoms with Gasteiger partial charge in [-0.15, -0.1) is 0 Å². The van der Waals surface area contributed by atoms with Crippen LogP contribution in [0.4, 0.5) is 18.0 Å². The molecule has 20 heavy (non-hydrogen) atoms. The van der Waals surface area contributed by atoms with Gasteiger partial charge in [-0.05, 0) is 0 Å². The van der Waals surface area contributed by atoms with Crippen molar-refractivity contribution in [2.24, 2.45) is 0 Å². The maximum absolute atomic E-state index is 12.4. The number of hydrogen-bond acceptors (Lipinski definition) is 3. The Morgan fingerprint density at radius 2 is 1.80 bits per heavy atom. The average Bonchev–Trinajstić information content (AvgIpc) is 2.23. The molecule has 1 N–H and O–H groups in total. The lowest BCUT2D eigenvalue weighted by Crippen LogP contribution is -2.53. The summed E-state index contributed by atoms with van der Waals surface area (Å²) in [7, 11) is 0. The average molecular weight is 314 g/mol. The van der Waals surface area contributed by atoms with E-state index >= 15 is 0 Å². The summed E-state index contributed by atoms with van der Waals surface area (Å²) in [5, 5.41) is 8.87. The second-order valence-corrected chi connectivity index (χ2v) is 6.69. The number of aliphatic carboxylic acids is 1. The molecule has 2 atom stereocenters. The van der Waals surface area contributed by atoms with Gasteiger partial charge in [0, 0.05) is 23.6 Å². The molecule has 0 bridgehead atoms. The normalized spacial score (nSPS) is 23.6. The summed E-state index contributed by atoms with van der Waals surface area (Å²) in [6.45, 7) is 1.90. The summed E-state index contributed by atoms with van der Waals surface area (Å²) in [5.41, 5.74) is 0. The van der Waals surface area contributed by atoms with Crippen LogP contribution in [0.3, 0.4) is 0 Å². The Balaban J connectivity index is 2.78. The second-order valence-electron chi connectivity index (χ2n) is 4.81. The number of amides is 2. The Labute approximate surface area is 119 Å². The van der Waals surface area contributed by atoms with Gasteiger partial charge in [0.1, 0.15) is 13.1 Å². The van der Waals surface area contributed by atoms with Crippen LogP contribution < -0.4 is 0 Å².